The van der Waals surface area contributed by atoms with Crippen molar-refractivity contribution in [2.45, 2.75) is 17.7 Å². The molecule has 130 valence electrons. The highest BCUT2D eigenvalue weighted by molar-refractivity contribution is 7.92. The molecule has 1 saturated heterocycles. The first-order valence-electron chi connectivity index (χ1n) is 7.22. The van der Waals surface area contributed by atoms with E-state index >= 15 is 0 Å². The second kappa shape index (κ2) is 6.67. The fourth-order valence-corrected chi connectivity index (χ4v) is 3.90. The van der Waals surface area contributed by atoms with Crippen molar-refractivity contribution in [2.24, 2.45) is 0 Å². The molecule has 0 bridgehead atoms. The first kappa shape index (κ1) is 17.7. The minimum Gasteiger partial charge on any atom is -0.278 e. The number of benzene rings is 2. The van der Waals surface area contributed by atoms with E-state index < -0.39 is 10.0 Å². The molecule has 0 saturated carbocycles. The zero-order valence-corrected chi connectivity index (χ0v) is 15.0. The third-order valence-electron chi connectivity index (χ3n) is 3.65. The normalized spacial score (nSPS) is 14.9. The molecule has 2 aromatic rings. The van der Waals surface area contributed by atoms with E-state index in [4.69, 9.17) is 23.2 Å². The average molecular weight is 399 g/mol. The summed E-state index contributed by atoms with van der Waals surface area (Å²) in [7, 11) is -3.90. The number of halogens is 2. The highest BCUT2D eigenvalue weighted by atomic mass is 35.5. The van der Waals surface area contributed by atoms with Gasteiger partial charge >= 0.3 is 0 Å². The van der Waals surface area contributed by atoms with Crippen molar-refractivity contribution in [1.29, 1.82) is 0 Å². The van der Waals surface area contributed by atoms with E-state index in [0.717, 1.165) is 4.90 Å². The van der Waals surface area contributed by atoms with Crippen LogP contribution in [-0.2, 0) is 19.6 Å². The number of amides is 2. The molecule has 6 nitrogen and oxygen atoms in total. The minimum absolute atomic E-state index is 0.0358. The highest BCUT2D eigenvalue weighted by Crippen LogP contribution is 2.31. The molecule has 2 amide bonds. The van der Waals surface area contributed by atoms with Crippen molar-refractivity contribution >= 4 is 56.4 Å². The number of rotatable bonds is 4. The Morgan fingerprint density at radius 1 is 0.920 bits per heavy atom. The van der Waals surface area contributed by atoms with Gasteiger partial charge in [0.05, 0.1) is 26.3 Å². The van der Waals surface area contributed by atoms with Crippen molar-refractivity contribution in [3.63, 3.8) is 0 Å². The summed E-state index contributed by atoms with van der Waals surface area (Å²) in [6.07, 6.45) is 0.321. The van der Waals surface area contributed by atoms with Crippen LogP contribution in [0.4, 0.5) is 11.4 Å². The molecule has 1 heterocycles. The molecule has 0 spiro atoms. The van der Waals surface area contributed by atoms with Crippen molar-refractivity contribution in [1.82, 2.24) is 0 Å². The van der Waals surface area contributed by atoms with Crippen LogP contribution in [0.25, 0.3) is 0 Å². The summed E-state index contributed by atoms with van der Waals surface area (Å²) >= 11 is 11.9. The van der Waals surface area contributed by atoms with Crippen molar-refractivity contribution in [3.05, 3.63) is 52.5 Å². The van der Waals surface area contributed by atoms with Gasteiger partial charge in [-0.2, -0.15) is 0 Å². The third kappa shape index (κ3) is 3.49. The molecular weight excluding hydrogens is 387 g/mol. The average Bonchev–Trinajstić information content (AvgIpc) is 2.91. The molecule has 3 rings (SSSR count). The summed E-state index contributed by atoms with van der Waals surface area (Å²) in [6.45, 7) is 0. The van der Waals surface area contributed by atoms with Crippen LogP contribution in [0, 0.1) is 0 Å². The molecule has 0 atom stereocenters. The highest BCUT2D eigenvalue weighted by Gasteiger charge is 2.30. The first-order valence-corrected chi connectivity index (χ1v) is 9.46. The van der Waals surface area contributed by atoms with Gasteiger partial charge in [-0.1, -0.05) is 29.3 Å². The molecule has 2 aromatic carbocycles. The fourth-order valence-electron chi connectivity index (χ4n) is 2.43. The van der Waals surface area contributed by atoms with Crippen LogP contribution in [0.15, 0.2) is 47.4 Å². The number of hydrogen-bond donors (Lipinski definition) is 1. The summed E-state index contributed by atoms with van der Waals surface area (Å²) in [4.78, 5) is 24.5. The molecule has 9 heteroatoms. The Morgan fingerprint density at radius 3 is 2.12 bits per heavy atom. The summed E-state index contributed by atoms with van der Waals surface area (Å²) in [5.74, 6) is -0.603. The van der Waals surface area contributed by atoms with Gasteiger partial charge < -0.3 is 0 Å². The van der Waals surface area contributed by atoms with Gasteiger partial charge in [-0.05, 0) is 36.4 Å². The largest absolute Gasteiger partial charge is 0.278 e. The topological polar surface area (TPSA) is 83.6 Å². The maximum absolute atomic E-state index is 12.5. The van der Waals surface area contributed by atoms with Gasteiger partial charge in [0.2, 0.25) is 11.8 Å². The number of nitrogens with zero attached hydrogens (tertiary/aromatic N) is 1. The predicted octanol–water partition coefficient (Wildman–Crippen LogP) is 3.45. The number of sulfonamides is 1. The Hall–Kier alpha value is -2.09. The van der Waals surface area contributed by atoms with Crippen LogP contribution in [-0.4, -0.2) is 20.2 Å². The number of carbonyl (C=O) groups is 2. The maximum atomic E-state index is 12.5. The van der Waals surface area contributed by atoms with Crippen molar-refractivity contribution in [3.8, 4) is 0 Å². The number of carbonyl (C=O) groups excluding carboxylic acids is 2. The number of nitrogens with one attached hydrogen (secondary N) is 1. The van der Waals surface area contributed by atoms with Crippen LogP contribution >= 0.6 is 23.2 Å². The zero-order chi connectivity index (χ0) is 18.2. The summed E-state index contributed by atoms with van der Waals surface area (Å²) < 4.78 is 27.3. The van der Waals surface area contributed by atoms with Gasteiger partial charge in [-0.25, -0.2) is 8.42 Å². The van der Waals surface area contributed by atoms with E-state index in [9.17, 15) is 18.0 Å². The van der Waals surface area contributed by atoms with E-state index in [0.29, 0.717) is 5.69 Å². The van der Waals surface area contributed by atoms with Gasteiger partial charge in [0, 0.05) is 12.8 Å². The second-order valence-corrected chi connectivity index (χ2v) is 7.79. The van der Waals surface area contributed by atoms with Gasteiger partial charge in [-0.15, -0.1) is 0 Å². The molecule has 1 aliphatic rings. The van der Waals surface area contributed by atoms with Crippen LogP contribution < -0.4 is 9.62 Å². The summed E-state index contributed by atoms with van der Waals surface area (Å²) in [5.41, 5.74) is 0.496. The summed E-state index contributed by atoms with van der Waals surface area (Å²) in [6, 6.07) is 10.1. The van der Waals surface area contributed by atoms with E-state index in [1.54, 1.807) is 12.1 Å². The quantitative estimate of drug-likeness (QED) is 0.799. The van der Waals surface area contributed by atoms with E-state index in [1.165, 1.54) is 30.3 Å². The van der Waals surface area contributed by atoms with Crippen LogP contribution in [0.1, 0.15) is 12.8 Å². The SMILES string of the molecule is O=C1CCC(=O)N1c1ccc(S(=O)(=O)Nc2cccc(Cl)c2Cl)cc1. The summed E-state index contributed by atoms with van der Waals surface area (Å²) in [5, 5.41) is 0.320. The van der Waals surface area contributed by atoms with Crippen LogP contribution in [0.5, 0.6) is 0 Å². The Bertz CT molecular complexity index is 943. The molecule has 0 unspecified atom stereocenters. The van der Waals surface area contributed by atoms with Gasteiger partial charge in [0.25, 0.3) is 10.0 Å². The van der Waals surface area contributed by atoms with E-state index in [1.807, 2.05) is 0 Å². The van der Waals surface area contributed by atoms with Crippen molar-refractivity contribution in [2.75, 3.05) is 9.62 Å². The maximum Gasteiger partial charge on any atom is 0.261 e. The lowest BCUT2D eigenvalue weighted by molar-refractivity contribution is -0.121. The molecule has 0 radical (unpaired) electrons. The third-order valence-corrected chi connectivity index (χ3v) is 5.85. The Kier molecular flexibility index (Phi) is 4.73. The molecule has 0 aromatic heterocycles. The van der Waals surface area contributed by atoms with Gasteiger partial charge in [0.15, 0.2) is 0 Å². The molecule has 0 aliphatic carbocycles. The van der Waals surface area contributed by atoms with Crippen molar-refractivity contribution < 1.29 is 18.0 Å². The van der Waals surface area contributed by atoms with E-state index in [-0.39, 0.29) is 45.3 Å². The lowest BCUT2D eigenvalue weighted by Crippen LogP contribution is -2.28. The molecular formula is C16H12Cl2N2O4S. The fraction of sp³-hybridized carbons (Fsp3) is 0.125. The minimum atomic E-state index is -3.90. The molecule has 1 N–H and O–H groups in total. The lowest BCUT2D eigenvalue weighted by atomic mass is 10.3. The second-order valence-electron chi connectivity index (χ2n) is 5.32. The van der Waals surface area contributed by atoms with Crippen LogP contribution in [0.2, 0.25) is 10.0 Å². The zero-order valence-electron chi connectivity index (χ0n) is 12.7. The number of imide groups is 1. The predicted molar refractivity (Wildman–Crippen MR) is 95.4 cm³/mol. The Balaban J connectivity index is 1.87. The van der Waals surface area contributed by atoms with E-state index in [2.05, 4.69) is 4.72 Å². The monoisotopic (exact) mass is 398 g/mol. The Labute approximate surface area is 154 Å². The molecule has 25 heavy (non-hydrogen) atoms. The van der Waals surface area contributed by atoms with Crippen LogP contribution in [0.3, 0.4) is 0 Å². The number of anilines is 2. The molecule has 1 fully saturated rings. The first-order chi connectivity index (χ1) is 11.8. The van der Waals surface area contributed by atoms with Gasteiger partial charge in [-0.3, -0.25) is 19.2 Å². The molecule has 1 aliphatic heterocycles. The smallest absolute Gasteiger partial charge is 0.261 e. The van der Waals surface area contributed by atoms with Gasteiger partial charge in [0.1, 0.15) is 0 Å². The number of hydrogen-bond acceptors (Lipinski definition) is 4. The lowest BCUT2D eigenvalue weighted by Gasteiger charge is -2.15. The Morgan fingerprint density at radius 2 is 1.52 bits per heavy atom. The standard InChI is InChI=1S/C16H12Cl2N2O4S/c17-12-2-1-3-13(16(12)18)19-25(23,24)11-6-4-10(5-7-11)20-14(21)8-9-15(20)22/h1-7,19H,8-9H2.